The summed E-state index contributed by atoms with van der Waals surface area (Å²) in [5.41, 5.74) is 0. The summed E-state index contributed by atoms with van der Waals surface area (Å²) in [6, 6.07) is 0. The van der Waals surface area contributed by atoms with Gasteiger partial charge in [0.05, 0.1) is 13.2 Å². The number of ether oxygens (including phenoxy) is 2. The third-order valence-corrected chi connectivity index (χ3v) is 5.37. The number of unbranched alkanes of at least 4 members (excludes halogenated alkanes) is 12. The van der Waals surface area contributed by atoms with Gasteiger partial charge in [-0.3, -0.25) is 0 Å². The van der Waals surface area contributed by atoms with Gasteiger partial charge in [-0.15, -0.1) is 6.58 Å². The molecule has 5 heteroatoms. The fourth-order valence-electron chi connectivity index (χ4n) is 3.60. The Morgan fingerprint density at radius 1 is 0.926 bits per heavy atom. The largest absolute Gasteiger partial charge is 0.394 e. The summed E-state index contributed by atoms with van der Waals surface area (Å²) < 4.78 is 11.0. The van der Waals surface area contributed by atoms with Crippen molar-refractivity contribution in [2.24, 2.45) is 0 Å². The highest BCUT2D eigenvalue weighted by Crippen LogP contribution is 2.20. The van der Waals surface area contributed by atoms with E-state index in [4.69, 9.17) is 14.6 Å². The van der Waals surface area contributed by atoms with E-state index in [2.05, 4.69) is 6.58 Å². The van der Waals surface area contributed by atoms with Crippen molar-refractivity contribution >= 4 is 0 Å². The van der Waals surface area contributed by atoms with Gasteiger partial charge in [0.1, 0.15) is 24.4 Å². The van der Waals surface area contributed by atoms with Gasteiger partial charge in [-0.25, -0.2) is 0 Å². The molecule has 1 saturated heterocycles. The average molecular weight is 387 g/mol. The lowest BCUT2D eigenvalue weighted by Gasteiger charge is -2.20. The van der Waals surface area contributed by atoms with Crippen molar-refractivity contribution in [2.45, 2.75) is 108 Å². The molecule has 0 aromatic heterocycles. The van der Waals surface area contributed by atoms with Crippen LogP contribution in [0.1, 0.15) is 83.5 Å². The molecule has 1 aliphatic rings. The third-order valence-electron chi connectivity index (χ3n) is 5.37. The van der Waals surface area contributed by atoms with Crippen LogP contribution in [0, 0.1) is 0 Å². The van der Waals surface area contributed by atoms with Crippen LogP contribution >= 0.6 is 0 Å². The first-order chi connectivity index (χ1) is 13.2. The zero-order valence-corrected chi connectivity index (χ0v) is 17.1. The molecule has 1 aliphatic heterocycles. The minimum absolute atomic E-state index is 0.275. The van der Waals surface area contributed by atoms with E-state index in [1.165, 1.54) is 64.2 Å². The van der Waals surface area contributed by atoms with Gasteiger partial charge in [-0.1, -0.05) is 70.3 Å². The van der Waals surface area contributed by atoms with Crippen molar-refractivity contribution in [1.82, 2.24) is 0 Å². The van der Waals surface area contributed by atoms with Gasteiger partial charge in [0.15, 0.2) is 0 Å². The molecule has 27 heavy (non-hydrogen) atoms. The molecule has 4 atom stereocenters. The molecule has 160 valence electrons. The van der Waals surface area contributed by atoms with E-state index in [0.717, 1.165) is 19.3 Å². The molecule has 0 saturated carbocycles. The van der Waals surface area contributed by atoms with Crippen LogP contribution in [0.15, 0.2) is 12.7 Å². The van der Waals surface area contributed by atoms with Crippen LogP contribution in [-0.2, 0) is 9.47 Å². The maximum Gasteiger partial charge on any atom is 0.114 e. The summed E-state index contributed by atoms with van der Waals surface area (Å²) in [6.45, 7) is 4.23. The quantitative estimate of drug-likeness (QED) is 0.247. The topological polar surface area (TPSA) is 79.2 Å². The van der Waals surface area contributed by atoms with E-state index < -0.39 is 31.0 Å². The summed E-state index contributed by atoms with van der Waals surface area (Å²) >= 11 is 0. The summed E-state index contributed by atoms with van der Waals surface area (Å²) in [4.78, 5) is 0. The second kappa shape index (κ2) is 16.5. The molecule has 3 N–H and O–H groups in total. The highest BCUT2D eigenvalue weighted by atomic mass is 16.6. The summed E-state index contributed by atoms with van der Waals surface area (Å²) in [6.07, 6.45) is 15.6. The Morgan fingerprint density at radius 3 is 1.96 bits per heavy atom. The predicted molar refractivity (Wildman–Crippen MR) is 109 cm³/mol. The standard InChI is InChI=1S/C22H42O5/c1-2-3-4-5-6-7-8-9-10-11-12-13-14-15-16-26-20-18-27-22(21(20)25)19(24)17-23/h2,19-25H,1,3-18H2/t19-,20+,21-,22-/m0/s1. The Kier molecular flexibility index (Phi) is 15.0. The monoisotopic (exact) mass is 386 g/mol. The maximum absolute atomic E-state index is 10.0. The van der Waals surface area contributed by atoms with Gasteiger partial charge in [0, 0.05) is 6.61 Å². The lowest BCUT2D eigenvalue weighted by Crippen LogP contribution is -2.41. The fourth-order valence-corrected chi connectivity index (χ4v) is 3.60. The Hall–Kier alpha value is -0.460. The van der Waals surface area contributed by atoms with Gasteiger partial charge < -0.3 is 24.8 Å². The summed E-state index contributed by atoms with van der Waals surface area (Å²) in [5, 5.41) is 28.5. The summed E-state index contributed by atoms with van der Waals surface area (Å²) in [7, 11) is 0. The maximum atomic E-state index is 10.0. The van der Waals surface area contributed by atoms with Crippen molar-refractivity contribution in [1.29, 1.82) is 0 Å². The number of aliphatic hydroxyl groups is 3. The van der Waals surface area contributed by atoms with Crippen LogP contribution < -0.4 is 0 Å². The number of hydrogen-bond acceptors (Lipinski definition) is 5. The van der Waals surface area contributed by atoms with Gasteiger partial charge >= 0.3 is 0 Å². The lowest BCUT2D eigenvalue weighted by molar-refractivity contribution is -0.0730. The van der Waals surface area contributed by atoms with Gasteiger partial charge in [0.2, 0.25) is 0 Å². The molecular formula is C22H42O5. The summed E-state index contributed by atoms with van der Waals surface area (Å²) in [5.74, 6) is 0. The SMILES string of the molecule is C=CCCCCCCCCCCCCCCO[C@@H]1CO[C@@H]([C@@H](O)CO)[C@H]1O. The van der Waals surface area contributed by atoms with E-state index in [0.29, 0.717) is 6.61 Å². The molecule has 0 aliphatic carbocycles. The molecule has 0 spiro atoms. The molecular weight excluding hydrogens is 344 g/mol. The van der Waals surface area contributed by atoms with E-state index in [1.54, 1.807) is 0 Å². The van der Waals surface area contributed by atoms with Crippen LogP contribution in [0.4, 0.5) is 0 Å². The van der Waals surface area contributed by atoms with Crippen molar-refractivity contribution < 1.29 is 24.8 Å². The number of allylic oxidation sites excluding steroid dienone is 1. The minimum atomic E-state index is -1.05. The zero-order chi connectivity index (χ0) is 19.7. The second-order valence-electron chi connectivity index (χ2n) is 7.77. The van der Waals surface area contributed by atoms with Crippen molar-refractivity contribution in [3.8, 4) is 0 Å². The van der Waals surface area contributed by atoms with E-state index >= 15 is 0 Å². The predicted octanol–water partition coefficient (Wildman–Crippen LogP) is 3.74. The molecule has 0 aromatic rings. The van der Waals surface area contributed by atoms with Crippen LogP contribution in [0.3, 0.4) is 0 Å². The van der Waals surface area contributed by atoms with Crippen LogP contribution in [0.25, 0.3) is 0 Å². The molecule has 0 unspecified atom stereocenters. The van der Waals surface area contributed by atoms with Crippen molar-refractivity contribution in [3.05, 3.63) is 12.7 Å². The molecule has 0 bridgehead atoms. The van der Waals surface area contributed by atoms with Gasteiger partial charge in [-0.2, -0.15) is 0 Å². The number of aliphatic hydroxyl groups excluding tert-OH is 3. The molecule has 0 amide bonds. The van der Waals surface area contributed by atoms with Crippen LogP contribution in [0.2, 0.25) is 0 Å². The van der Waals surface area contributed by atoms with E-state index in [1.807, 2.05) is 6.08 Å². The number of hydrogen-bond donors (Lipinski definition) is 3. The van der Waals surface area contributed by atoms with Crippen molar-refractivity contribution in [3.63, 3.8) is 0 Å². The first-order valence-electron chi connectivity index (χ1n) is 11.0. The molecule has 1 heterocycles. The molecule has 0 radical (unpaired) electrons. The second-order valence-corrected chi connectivity index (χ2v) is 7.77. The Bertz CT molecular complexity index is 350. The lowest BCUT2D eigenvalue weighted by atomic mass is 10.0. The third kappa shape index (κ3) is 11.2. The van der Waals surface area contributed by atoms with E-state index in [-0.39, 0.29) is 6.61 Å². The van der Waals surface area contributed by atoms with Gasteiger partial charge in [0.25, 0.3) is 0 Å². The number of rotatable bonds is 18. The Labute approximate surface area is 165 Å². The first kappa shape index (κ1) is 24.6. The highest BCUT2D eigenvalue weighted by molar-refractivity contribution is 4.88. The first-order valence-corrected chi connectivity index (χ1v) is 11.0. The molecule has 1 fully saturated rings. The normalized spacial score (nSPS) is 23.6. The van der Waals surface area contributed by atoms with Crippen LogP contribution in [0.5, 0.6) is 0 Å². The van der Waals surface area contributed by atoms with Crippen LogP contribution in [-0.4, -0.2) is 59.6 Å². The highest BCUT2D eigenvalue weighted by Gasteiger charge is 2.40. The smallest absolute Gasteiger partial charge is 0.114 e. The fraction of sp³-hybridized carbons (Fsp3) is 0.909. The van der Waals surface area contributed by atoms with Gasteiger partial charge in [-0.05, 0) is 19.3 Å². The Balaban J connectivity index is 1.82. The zero-order valence-electron chi connectivity index (χ0n) is 17.1. The molecule has 1 rings (SSSR count). The Morgan fingerprint density at radius 2 is 1.44 bits per heavy atom. The average Bonchev–Trinajstić information content (AvgIpc) is 3.04. The van der Waals surface area contributed by atoms with E-state index in [9.17, 15) is 10.2 Å². The molecule has 0 aromatic carbocycles. The molecule has 5 nitrogen and oxygen atoms in total. The van der Waals surface area contributed by atoms with Crippen molar-refractivity contribution in [2.75, 3.05) is 19.8 Å². The minimum Gasteiger partial charge on any atom is -0.394 e.